The molecule has 0 radical (unpaired) electrons. The summed E-state index contributed by atoms with van der Waals surface area (Å²) < 4.78 is 41.2. The number of aryl methyl sites for hydroxylation is 2. The van der Waals surface area contributed by atoms with Crippen molar-refractivity contribution in [2.75, 3.05) is 18.4 Å². The Balaban J connectivity index is 1.24. The highest BCUT2D eigenvalue weighted by Gasteiger charge is 2.37. The molecule has 1 aromatic carbocycles. The van der Waals surface area contributed by atoms with Gasteiger partial charge in [-0.15, -0.1) is 11.3 Å². The summed E-state index contributed by atoms with van der Waals surface area (Å²) in [6.45, 7) is 4.53. The van der Waals surface area contributed by atoms with Gasteiger partial charge in [0.05, 0.1) is 23.8 Å². The van der Waals surface area contributed by atoms with Crippen LogP contribution in [0.15, 0.2) is 43.1 Å². The number of nitriles is 1. The van der Waals surface area contributed by atoms with E-state index in [0.29, 0.717) is 28.1 Å². The predicted molar refractivity (Wildman–Crippen MR) is 153 cm³/mol. The molecule has 12 heteroatoms. The minimum Gasteiger partial charge on any atom is -0.364 e. The Kier molecular flexibility index (Phi) is 6.95. The summed E-state index contributed by atoms with van der Waals surface area (Å²) in [5.41, 5.74) is 4.48. The van der Waals surface area contributed by atoms with E-state index in [1.54, 1.807) is 12.4 Å². The zero-order valence-corrected chi connectivity index (χ0v) is 23.5. The number of thiophene rings is 1. The van der Waals surface area contributed by atoms with Crippen LogP contribution < -0.4 is 5.32 Å². The number of halogens is 3. The Hall–Kier alpha value is -3.95. The topological polar surface area (TPSA) is 98.4 Å². The SMILES string of the molecule is Cc1c(CN2CCC(Cc3cn(C)cn3)(Nc3ncnc4sc(CC(F)(F)F)cc34)CC2)ccc2[nH]c(C#N)cc12. The number of rotatable bonds is 7. The highest BCUT2D eigenvalue weighted by molar-refractivity contribution is 7.18. The van der Waals surface area contributed by atoms with Gasteiger partial charge in [0, 0.05) is 60.6 Å². The van der Waals surface area contributed by atoms with Crippen molar-refractivity contribution in [3.05, 3.63) is 70.5 Å². The molecular formula is C29H29F3N8S. The minimum absolute atomic E-state index is 0.223. The van der Waals surface area contributed by atoms with Crippen LogP contribution in [0.25, 0.3) is 21.1 Å². The molecule has 0 bridgehead atoms. The number of fused-ring (bicyclic) bond motifs is 2. The smallest absolute Gasteiger partial charge is 0.364 e. The predicted octanol–water partition coefficient (Wildman–Crippen LogP) is 5.88. The molecule has 0 amide bonds. The van der Waals surface area contributed by atoms with Crippen molar-refractivity contribution in [3.8, 4) is 6.07 Å². The van der Waals surface area contributed by atoms with Crippen LogP contribution in [0.5, 0.6) is 0 Å². The largest absolute Gasteiger partial charge is 0.393 e. The van der Waals surface area contributed by atoms with Crippen LogP contribution in [0.1, 0.15) is 40.2 Å². The van der Waals surface area contributed by atoms with Gasteiger partial charge in [0.1, 0.15) is 28.7 Å². The molecule has 0 spiro atoms. The van der Waals surface area contributed by atoms with Gasteiger partial charge in [-0.05, 0) is 49.1 Å². The van der Waals surface area contributed by atoms with E-state index < -0.39 is 12.6 Å². The zero-order valence-electron chi connectivity index (χ0n) is 22.7. The van der Waals surface area contributed by atoms with Crippen LogP contribution in [0.3, 0.4) is 0 Å². The second kappa shape index (κ2) is 10.5. The first-order chi connectivity index (χ1) is 19.6. The van der Waals surface area contributed by atoms with Gasteiger partial charge in [0.25, 0.3) is 0 Å². The summed E-state index contributed by atoms with van der Waals surface area (Å²) >= 11 is 1.06. The number of piperidine rings is 1. The summed E-state index contributed by atoms with van der Waals surface area (Å²) in [4.78, 5) is 19.6. The maximum atomic E-state index is 13.1. The molecule has 2 N–H and O–H groups in total. The van der Waals surface area contributed by atoms with Gasteiger partial charge in [-0.2, -0.15) is 18.4 Å². The van der Waals surface area contributed by atoms with Crippen LogP contribution in [0, 0.1) is 18.3 Å². The first kappa shape index (κ1) is 27.2. The van der Waals surface area contributed by atoms with Gasteiger partial charge in [-0.25, -0.2) is 15.0 Å². The summed E-state index contributed by atoms with van der Waals surface area (Å²) in [6.07, 6.45) is 2.21. The third kappa shape index (κ3) is 5.78. The Bertz CT molecular complexity index is 1750. The standard InChI is InChI=1S/C29H29F3N8S/c1-18-19(3-4-25-23(18)9-20(13-33)37-25)14-40-7-5-28(6-8-40,11-21-15-39(2)17-36-21)38-26-24-10-22(12-29(30,31)32)41-27(24)35-16-34-26/h3-4,9-10,15-17,37H,5-8,11-12,14H2,1-2H3,(H,34,35,38). The molecular weight excluding hydrogens is 549 g/mol. The van der Waals surface area contributed by atoms with E-state index in [9.17, 15) is 18.4 Å². The molecule has 1 aliphatic rings. The number of likely N-dealkylation sites (tertiary alicyclic amines) is 1. The molecule has 0 aliphatic carbocycles. The number of anilines is 1. The lowest BCUT2D eigenvalue weighted by Crippen LogP contribution is -2.50. The number of alkyl halides is 3. The van der Waals surface area contributed by atoms with Crippen LogP contribution in [0.2, 0.25) is 0 Å². The van der Waals surface area contributed by atoms with Crippen molar-refractivity contribution < 1.29 is 13.2 Å². The maximum Gasteiger partial charge on any atom is 0.393 e. The van der Waals surface area contributed by atoms with E-state index in [4.69, 9.17) is 0 Å². The summed E-state index contributed by atoms with van der Waals surface area (Å²) in [6, 6.07) is 9.80. The molecule has 1 saturated heterocycles. The number of imidazole rings is 1. The van der Waals surface area contributed by atoms with Crippen molar-refractivity contribution in [2.24, 2.45) is 7.05 Å². The lowest BCUT2D eigenvalue weighted by atomic mass is 9.83. The van der Waals surface area contributed by atoms with Crippen LogP contribution in [-0.4, -0.2) is 54.2 Å². The average Bonchev–Trinajstić information content (AvgIpc) is 3.64. The molecule has 212 valence electrons. The molecule has 4 aromatic heterocycles. The van der Waals surface area contributed by atoms with Gasteiger partial charge < -0.3 is 14.9 Å². The second-order valence-corrected chi connectivity index (χ2v) is 12.1. The third-order valence-corrected chi connectivity index (χ3v) is 8.97. The summed E-state index contributed by atoms with van der Waals surface area (Å²) in [5, 5.41) is 14.6. The van der Waals surface area contributed by atoms with Gasteiger partial charge in [-0.3, -0.25) is 4.90 Å². The Morgan fingerprint density at radius 1 is 1.15 bits per heavy atom. The molecule has 5 heterocycles. The van der Waals surface area contributed by atoms with E-state index in [0.717, 1.165) is 60.4 Å². The first-order valence-corrected chi connectivity index (χ1v) is 14.2. The first-order valence-electron chi connectivity index (χ1n) is 13.4. The zero-order chi connectivity index (χ0) is 28.8. The fourth-order valence-corrected chi connectivity index (χ4v) is 6.82. The Morgan fingerprint density at radius 3 is 2.66 bits per heavy atom. The normalized spacial score (nSPS) is 15.9. The molecule has 5 aromatic rings. The summed E-state index contributed by atoms with van der Waals surface area (Å²) in [7, 11) is 1.93. The highest BCUT2D eigenvalue weighted by Crippen LogP contribution is 2.36. The number of nitrogens with one attached hydrogen (secondary N) is 2. The fourth-order valence-electron chi connectivity index (χ4n) is 5.80. The minimum atomic E-state index is -4.28. The molecule has 0 atom stereocenters. The quantitative estimate of drug-likeness (QED) is 0.250. The molecule has 0 unspecified atom stereocenters. The van der Waals surface area contributed by atoms with Gasteiger partial charge in [-0.1, -0.05) is 6.07 Å². The van der Waals surface area contributed by atoms with E-state index in [1.807, 2.05) is 29.9 Å². The van der Waals surface area contributed by atoms with Gasteiger partial charge in [0.15, 0.2) is 0 Å². The van der Waals surface area contributed by atoms with E-state index in [-0.39, 0.29) is 10.4 Å². The van der Waals surface area contributed by atoms with Crippen molar-refractivity contribution in [1.29, 1.82) is 5.26 Å². The van der Waals surface area contributed by atoms with Crippen LogP contribution in [-0.2, 0) is 26.4 Å². The molecule has 1 fully saturated rings. The lowest BCUT2D eigenvalue weighted by Gasteiger charge is -2.43. The number of hydrogen-bond acceptors (Lipinski definition) is 7. The Labute approximate surface area is 238 Å². The van der Waals surface area contributed by atoms with Gasteiger partial charge in [0.2, 0.25) is 0 Å². The van der Waals surface area contributed by atoms with Crippen molar-refractivity contribution in [3.63, 3.8) is 0 Å². The lowest BCUT2D eigenvalue weighted by molar-refractivity contribution is -0.126. The summed E-state index contributed by atoms with van der Waals surface area (Å²) in [5.74, 6) is 0.561. The van der Waals surface area contributed by atoms with Crippen molar-refractivity contribution >= 4 is 38.3 Å². The van der Waals surface area contributed by atoms with Gasteiger partial charge >= 0.3 is 6.18 Å². The molecule has 0 saturated carbocycles. The molecule has 1 aliphatic heterocycles. The fraction of sp³-hybridized carbons (Fsp3) is 0.379. The Morgan fingerprint density at radius 2 is 1.95 bits per heavy atom. The molecule has 6 rings (SSSR count). The third-order valence-electron chi connectivity index (χ3n) is 7.93. The number of hydrogen-bond donors (Lipinski definition) is 2. The number of H-pyrrole nitrogens is 1. The number of aromatic amines is 1. The monoisotopic (exact) mass is 578 g/mol. The number of benzene rings is 1. The van der Waals surface area contributed by atoms with Crippen molar-refractivity contribution in [1.82, 2.24) is 29.4 Å². The van der Waals surface area contributed by atoms with Crippen LogP contribution >= 0.6 is 11.3 Å². The van der Waals surface area contributed by atoms with E-state index >= 15 is 0 Å². The number of nitrogens with zero attached hydrogens (tertiary/aromatic N) is 6. The van der Waals surface area contributed by atoms with Crippen molar-refractivity contribution in [2.45, 2.75) is 50.9 Å². The van der Waals surface area contributed by atoms with E-state index in [2.05, 4.69) is 49.2 Å². The average molecular weight is 579 g/mol. The molecule has 8 nitrogen and oxygen atoms in total. The second-order valence-electron chi connectivity index (χ2n) is 10.9. The van der Waals surface area contributed by atoms with Crippen LogP contribution in [0.4, 0.5) is 19.0 Å². The highest BCUT2D eigenvalue weighted by atomic mass is 32.1. The maximum absolute atomic E-state index is 13.1. The molecule has 41 heavy (non-hydrogen) atoms. The number of aromatic nitrogens is 5. The van der Waals surface area contributed by atoms with E-state index in [1.165, 1.54) is 17.5 Å².